The first kappa shape index (κ1) is 8.75. The number of hydrogen-bond acceptors (Lipinski definition) is 5. The van der Waals surface area contributed by atoms with Gasteiger partial charge in [-0.3, -0.25) is 4.72 Å². The van der Waals surface area contributed by atoms with Crippen molar-refractivity contribution in [3.05, 3.63) is 12.3 Å². The van der Waals surface area contributed by atoms with E-state index in [1.807, 2.05) is 0 Å². The minimum absolute atomic E-state index is 0.0600. The highest BCUT2D eigenvalue weighted by Gasteiger charge is 2.10. The van der Waals surface area contributed by atoms with E-state index in [0.29, 0.717) is 11.4 Å². The van der Waals surface area contributed by atoms with Crippen LogP contribution in [0.5, 0.6) is 0 Å². The fourth-order valence-corrected chi connectivity index (χ4v) is 1.38. The summed E-state index contributed by atoms with van der Waals surface area (Å²) in [5.41, 5.74) is 6.23. The third-order valence-corrected chi connectivity index (χ3v) is 2.04. The number of nitrogens with zero attached hydrogens (tertiary/aromatic N) is 2. The number of aromatic amines is 1. The summed E-state index contributed by atoms with van der Waals surface area (Å²) in [6.07, 6.45) is 1.56. The van der Waals surface area contributed by atoms with Crippen molar-refractivity contribution in [2.75, 3.05) is 10.5 Å². The number of thiol groups is 1. The van der Waals surface area contributed by atoms with Crippen LogP contribution < -0.4 is 10.5 Å². The van der Waals surface area contributed by atoms with Crippen molar-refractivity contribution in [1.82, 2.24) is 15.0 Å². The first-order valence-electron chi connectivity index (χ1n) is 3.68. The Morgan fingerprint density at radius 3 is 3.00 bits per heavy atom. The van der Waals surface area contributed by atoms with Gasteiger partial charge in [-0.1, -0.05) is 0 Å². The van der Waals surface area contributed by atoms with Gasteiger partial charge in [0.15, 0.2) is 0 Å². The van der Waals surface area contributed by atoms with Crippen LogP contribution in [0, 0.1) is 0 Å². The Balaban J connectivity index is 2.53. The molecule has 14 heavy (non-hydrogen) atoms. The number of fused-ring (bicyclic) bond motifs is 1. The zero-order chi connectivity index (χ0) is 10.1. The molecule has 0 atom stereocenters. The molecule has 0 radical (unpaired) electrons. The average Bonchev–Trinajstić information content (AvgIpc) is 2.50. The Bertz CT molecular complexity index is 497. The predicted octanol–water partition coefficient (Wildman–Crippen LogP) is -0.570. The molecule has 0 spiro atoms. The molecular formula is C6H7N5O2S. The summed E-state index contributed by atoms with van der Waals surface area (Å²) in [6, 6.07) is 1.69. The van der Waals surface area contributed by atoms with Crippen LogP contribution in [0.15, 0.2) is 12.3 Å². The lowest BCUT2D eigenvalue weighted by atomic mass is 10.3. The van der Waals surface area contributed by atoms with Crippen molar-refractivity contribution in [1.29, 1.82) is 0 Å². The molecule has 0 amide bonds. The van der Waals surface area contributed by atoms with Gasteiger partial charge in [0.1, 0.15) is 11.6 Å². The summed E-state index contributed by atoms with van der Waals surface area (Å²) in [4.78, 5) is 10.4. The quantitative estimate of drug-likeness (QED) is 0.499. The van der Waals surface area contributed by atoms with Crippen LogP contribution in [0.2, 0.25) is 0 Å². The molecule has 8 heteroatoms. The molecule has 0 saturated carbocycles. The maximum Gasteiger partial charge on any atom is 0.224 e. The molecular weight excluding hydrogens is 206 g/mol. The van der Waals surface area contributed by atoms with E-state index >= 15 is 0 Å². The topological polar surface area (TPSA) is 114 Å². The van der Waals surface area contributed by atoms with Crippen molar-refractivity contribution in [2.45, 2.75) is 0 Å². The third kappa shape index (κ3) is 1.46. The number of nitrogens with two attached hydrogens (primary N) is 1. The third-order valence-electron chi connectivity index (χ3n) is 1.64. The van der Waals surface area contributed by atoms with Gasteiger partial charge in [0.05, 0.1) is 5.56 Å². The highest BCUT2D eigenvalue weighted by molar-refractivity contribution is 7.73. The van der Waals surface area contributed by atoms with Gasteiger partial charge in [-0.05, 0) is 6.07 Å². The van der Waals surface area contributed by atoms with Gasteiger partial charge in [0.2, 0.25) is 16.8 Å². The summed E-state index contributed by atoms with van der Waals surface area (Å²) >= 11 is 0. The highest BCUT2D eigenvalue weighted by Crippen LogP contribution is 2.24. The number of rotatable bonds is 2. The fourth-order valence-electron chi connectivity index (χ4n) is 1.10. The number of nitrogens with one attached hydrogen (secondary N) is 2. The van der Waals surface area contributed by atoms with Crippen molar-refractivity contribution in [3.63, 3.8) is 0 Å². The lowest BCUT2D eigenvalue weighted by Gasteiger charge is -2.04. The van der Waals surface area contributed by atoms with Crippen LogP contribution in [0.3, 0.4) is 0 Å². The molecule has 0 saturated heterocycles. The minimum Gasteiger partial charge on any atom is -0.383 e. The molecule has 0 bridgehead atoms. The number of anilines is 2. The summed E-state index contributed by atoms with van der Waals surface area (Å²) in [5.74, 6) is 0.789. The molecule has 2 rings (SSSR count). The average molecular weight is 213 g/mol. The largest absolute Gasteiger partial charge is 0.383 e. The molecule has 2 aliphatic heterocycles. The van der Waals surface area contributed by atoms with Crippen LogP contribution in [0.4, 0.5) is 11.8 Å². The lowest BCUT2D eigenvalue weighted by Crippen LogP contribution is -2.05. The van der Waals surface area contributed by atoms with Crippen LogP contribution >= 0.6 is 0 Å². The molecule has 0 aliphatic carbocycles. The van der Waals surface area contributed by atoms with Gasteiger partial charge in [-0.15, -0.1) is 0 Å². The molecule has 0 unspecified atom stereocenters. The first-order valence-corrected chi connectivity index (χ1v) is 4.86. The van der Waals surface area contributed by atoms with Crippen molar-refractivity contribution >= 4 is 22.7 Å². The zero-order valence-electron chi connectivity index (χ0n) is 6.89. The van der Waals surface area contributed by atoms with E-state index in [1.54, 1.807) is 12.3 Å². The predicted molar refractivity (Wildman–Crippen MR) is 51.4 cm³/mol. The van der Waals surface area contributed by atoms with Gasteiger partial charge in [0.25, 0.3) is 0 Å². The van der Waals surface area contributed by atoms with Gasteiger partial charge in [-0.2, -0.15) is 4.98 Å². The molecule has 0 aromatic rings. The Kier molecular flexibility index (Phi) is 1.97. The fraction of sp³-hybridized carbons (Fsp3) is 0. The van der Waals surface area contributed by atoms with E-state index in [2.05, 4.69) is 19.7 Å². The van der Waals surface area contributed by atoms with Gasteiger partial charge in [-0.25, -0.2) is 13.4 Å². The molecule has 2 aliphatic rings. The molecule has 7 nitrogen and oxygen atoms in total. The Morgan fingerprint density at radius 1 is 1.50 bits per heavy atom. The van der Waals surface area contributed by atoms with E-state index in [1.165, 1.54) is 0 Å². The van der Waals surface area contributed by atoms with E-state index in [4.69, 9.17) is 5.73 Å². The second kappa shape index (κ2) is 3.14. The normalized spacial score (nSPS) is 10.9. The second-order valence-electron chi connectivity index (χ2n) is 2.55. The number of hydrogen-bond donors (Lipinski definition) is 4. The SMILES string of the molecule is Nc1nc(N[SH](=O)=O)[nH]c2nccc1-2. The van der Waals surface area contributed by atoms with Crippen molar-refractivity contribution in [3.8, 4) is 11.4 Å². The van der Waals surface area contributed by atoms with E-state index < -0.39 is 10.9 Å². The van der Waals surface area contributed by atoms with Crippen LogP contribution in [-0.4, -0.2) is 23.4 Å². The zero-order valence-corrected chi connectivity index (χ0v) is 7.78. The van der Waals surface area contributed by atoms with Gasteiger partial charge >= 0.3 is 0 Å². The molecule has 0 aromatic carbocycles. The van der Waals surface area contributed by atoms with Gasteiger partial charge < -0.3 is 10.7 Å². The molecule has 4 N–H and O–H groups in total. The summed E-state index contributed by atoms with van der Waals surface area (Å²) in [5, 5.41) is 0. The van der Waals surface area contributed by atoms with E-state index in [0.717, 1.165) is 0 Å². The number of nitrogen functional groups attached to an aromatic ring is 1. The smallest absolute Gasteiger partial charge is 0.224 e. The minimum atomic E-state index is -2.76. The van der Waals surface area contributed by atoms with Crippen LogP contribution in [-0.2, 0) is 10.9 Å². The number of aromatic nitrogens is 3. The van der Waals surface area contributed by atoms with Crippen molar-refractivity contribution in [2.24, 2.45) is 0 Å². The first-order chi connectivity index (χ1) is 6.66. The van der Waals surface area contributed by atoms with Crippen LogP contribution in [0.25, 0.3) is 11.4 Å². The maximum absolute atomic E-state index is 10.4. The van der Waals surface area contributed by atoms with Gasteiger partial charge in [0, 0.05) is 6.20 Å². The Hall–Kier alpha value is -1.83. The molecule has 0 fully saturated rings. The Labute approximate surface area is 80.8 Å². The van der Waals surface area contributed by atoms with Crippen LogP contribution in [0.1, 0.15) is 0 Å². The summed E-state index contributed by atoms with van der Waals surface area (Å²) < 4.78 is 22.8. The summed E-state index contributed by atoms with van der Waals surface area (Å²) in [7, 11) is -2.76. The summed E-state index contributed by atoms with van der Waals surface area (Å²) in [6.45, 7) is 0. The second-order valence-corrected chi connectivity index (χ2v) is 3.28. The van der Waals surface area contributed by atoms with E-state index in [-0.39, 0.29) is 11.8 Å². The Morgan fingerprint density at radius 2 is 2.29 bits per heavy atom. The molecule has 0 aromatic heterocycles. The lowest BCUT2D eigenvalue weighted by molar-refractivity contribution is 0.618. The van der Waals surface area contributed by atoms with E-state index in [9.17, 15) is 8.42 Å². The number of H-pyrrole nitrogens is 1. The molecule has 74 valence electrons. The highest BCUT2D eigenvalue weighted by atomic mass is 32.2. The standard InChI is InChI=1S/C6H7N5O2S/c7-4-3-1-2-8-5(3)10-6(9-4)11-14(12)13/h1-2,14H,(H4,7,8,9,10,11,12,13). The van der Waals surface area contributed by atoms with Crippen molar-refractivity contribution < 1.29 is 8.42 Å². The molecule has 2 heterocycles. The maximum atomic E-state index is 10.4. The monoisotopic (exact) mass is 213 g/mol.